The van der Waals surface area contributed by atoms with Crippen LogP contribution < -0.4 is 16.4 Å². The van der Waals surface area contributed by atoms with E-state index in [0.717, 1.165) is 11.3 Å². The molecule has 0 aliphatic heterocycles. The number of carbonyl (C=O) groups excluding carboxylic acids is 1. The van der Waals surface area contributed by atoms with Crippen molar-refractivity contribution in [2.24, 2.45) is 7.05 Å². The van der Waals surface area contributed by atoms with Crippen LogP contribution in [-0.4, -0.2) is 15.8 Å². The summed E-state index contributed by atoms with van der Waals surface area (Å²) in [6, 6.07) is 6.89. The number of amides is 2. The summed E-state index contributed by atoms with van der Waals surface area (Å²) >= 11 is 0. The van der Waals surface area contributed by atoms with Gasteiger partial charge in [-0.15, -0.1) is 0 Å². The highest BCUT2D eigenvalue weighted by atomic mass is 16.2. The van der Waals surface area contributed by atoms with Crippen LogP contribution in [0.4, 0.5) is 22.0 Å². The Kier molecular flexibility index (Phi) is 3.41. The molecule has 0 bridgehead atoms. The van der Waals surface area contributed by atoms with Crippen LogP contribution in [-0.2, 0) is 7.05 Å². The Balaban J connectivity index is 2.07. The summed E-state index contributed by atoms with van der Waals surface area (Å²) in [6.45, 7) is 3.85. The van der Waals surface area contributed by atoms with E-state index in [4.69, 9.17) is 5.73 Å². The van der Waals surface area contributed by atoms with Crippen LogP contribution in [0.1, 0.15) is 11.3 Å². The van der Waals surface area contributed by atoms with E-state index in [1.807, 2.05) is 33.0 Å². The smallest absolute Gasteiger partial charge is 0.324 e. The molecule has 1 aromatic heterocycles. The van der Waals surface area contributed by atoms with Crippen LogP contribution in [0, 0.1) is 13.8 Å². The Labute approximate surface area is 111 Å². The molecule has 0 saturated heterocycles. The monoisotopic (exact) mass is 259 g/mol. The van der Waals surface area contributed by atoms with Crippen molar-refractivity contribution < 1.29 is 4.79 Å². The predicted octanol–water partition coefficient (Wildman–Crippen LogP) is 2.26. The Hall–Kier alpha value is -2.50. The molecule has 2 rings (SSSR count). The van der Waals surface area contributed by atoms with E-state index in [2.05, 4.69) is 15.7 Å². The number of aromatic nitrogens is 2. The fraction of sp³-hybridized carbons (Fsp3) is 0.231. The van der Waals surface area contributed by atoms with Crippen molar-refractivity contribution >= 4 is 23.2 Å². The molecule has 6 heteroatoms. The van der Waals surface area contributed by atoms with Gasteiger partial charge in [0.2, 0.25) is 0 Å². The van der Waals surface area contributed by atoms with Gasteiger partial charge >= 0.3 is 6.03 Å². The molecule has 6 nitrogen and oxygen atoms in total. The number of nitrogens with two attached hydrogens (primary N) is 1. The number of nitrogens with zero attached hydrogens (tertiary/aromatic N) is 2. The first-order valence-electron chi connectivity index (χ1n) is 5.90. The molecule has 4 N–H and O–H groups in total. The second-order valence-electron chi connectivity index (χ2n) is 4.46. The van der Waals surface area contributed by atoms with Gasteiger partial charge in [0.05, 0.1) is 11.4 Å². The van der Waals surface area contributed by atoms with Crippen molar-refractivity contribution in [3.63, 3.8) is 0 Å². The number of rotatable bonds is 2. The van der Waals surface area contributed by atoms with Crippen molar-refractivity contribution in [2.75, 3.05) is 16.4 Å². The van der Waals surface area contributed by atoms with E-state index in [9.17, 15) is 4.79 Å². The number of aryl methyl sites for hydroxylation is 3. The molecule has 0 saturated carbocycles. The molecule has 0 aliphatic carbocycles. The Bertz CT molecular complexity index is 598. The maximum Gasteiger partial charge on any atom is 0.324 e. The number of hydrogen-bond acceptors (Lipinski definition) is 3. The van der Waals surface area contributed by atoms with Gasteiger partial charge in [-0.2, -0.15) is 5.10 Å². The van der Waals surface area contributed by atoms with Gasteiger partial charge in [-0.3, -0.25) is 10.00 Å². The number of nitrogen functional groups attached to an aromatic ring is 1. The normalized spacial score (nSPS) is 10.3. The molecule has 1 heterocycles. The minimum atomic E-state index is -0.365. The second kappa shape index (κ2) is 5.01. The molecule has 2 amide bonds. The molecule has 0 spiro atoms. The molecule has 1 aromatic carbocycles. The number of carbonyl (C=O) groups is 1. The summed E-state index contributed by atoms with van der Waals surface area (Å²) in [5.41, 5.74) is 8.90. The van der Waals surface area contributed by atoms with E-state index in [0.29, 0.717) is 17.2 Å². The second-order valence-corrected chi connectivity index (χ2v) is 4.46. The van der Waals surface area contributed by atoms with Gasteiger partial charge in [-0.25, -0.2) is 4.79 Å². The van der Waals surface area contributed by atoms with Crippen molar-refractivity contribution in [1.29, 1.82) is 0 Å². The van der Waals surface area contributed by atoms with E-state index in [1.54, 1.807) is 16.8 Å². The third kappa shape index (κ3) is 3.04. The van der Waals surface area contributed by atoms with E-state index < -0.39 is 0 Å². The molecule has 2 aromatic rings. The topological polar surface area (TPSA) is 85.0 Å². The average molecular weight is 259 g/mol. The number of urea groups is 1. The SMILES string of the molecule is Cc1ccc(N)c(NC(=O)Nc2cc(C)n(C)n2)c1. The van der Waals surface area contributed by atoms with E-state index in [1.165, 1.54) is 0 Å². The standard InChI is InChI=1S/C13H17N5O/c1-8-4-5-10(14)11(6-8)15-13(19)16-12-7-9(2)18(3)17-12/h4-7H,14H2,1-3H3,(H2,15,16,17,19). The number of nitrogens with one attached hydrogen (secondary N) is 2. The van der Waals surface area contributed by atoms with Gasteiger partial charge in [0.15, 0.2) is 5.82 Å². The van der Waals surface area contributed by atoms with Crippen molar-refractivity contribution in [1.82, 2.24) is 9.78 Å². The lowest BCUT2D eigenvalue weighted by Gasteiger charge is -2.09. The number of hydrogen-bond donors (Lipinski definition) is 3. The maximum absolute atomic E-state index is 11.8. The van der Waals surface area contributed by atoms with E-state index in [-0.39, 0.29) is 6.03 Å². The van der Waals surface area contributed by atoms with Gasteiger partial charge < -0.3 is 11.1 Å². The van der Waals surface area contributed by atoms with Crippen LogP contribution in [0.5, 0.6) is 0 Å². The highest BCUT2D eigenvalue weighted by Gasteiger charge is 2.08. The predicted molar refractivity (Wildman–Crippen MR) is 76.2 cm³/mol. The lowest BCUT2D eigenvalue weighted by atomic mass is 10.2. The average Bonchev–Trinajstić information content (AvgIpc) is 2.63. The zero-order chi connectivity index (χ0) is 14.0. The Morgan fingerprint density at radius 2 is 2.00 bits per heavy atom. The Morgan fingerprint density at radius 3 is 2.63 bits per heavy atom. The summed E-state index contributed by atoms with van der Waals surface area (Å²) in [6.07, 6.45) is 0. The third-order valence-corrected chi connectivity index (χ3v) is 2.81. The first kappa shape index (κ1) is 12.9. The molecule has 0 atom stereocenters. The minimum absolute atomic E-state index is 0.365. The zero-order valence-electron chi connectivity index (χ0n) is 11.2. The first-order valence-corrected chi connectivity index (χ1v) is 5.90. The molecule has 0 aliphatic rings. The van der Waals surface area contributed by atoms with Crippen molar-refractivity contribution in [3.05, 3.63) is 35.5 Å². The first-order chi connectivity index (χ1) is 8.95. The zero-order valence-corrected chi connectivity index (χ0v) is 11.2. The molecular weight excluding hydrogens is 242 g/mol. The van der Waals surface area contributed by atoms with Crippen molar-refractivity contribution in [3.8, 4) is 0 Å². The lowest BCUT2D eigenvalue weighted by molar-refractivity contribution is 0.262. The van der Waals surface area contributed by atoms with Crippen molar-refractivity contribution in [2.45, 2.75) is 13.8 Å². The van der Waals surface area contributed by atoms with Crippen LogP contribution >= 0.6 is 0 Å². The van der Waals surface area contributed by atoms with Gasteiger partial charge in [-0.05, 0) is 31.5 Å². The van der Waals surface area contributed by atoms with Gasteiger partial charge in [0.25, 0.3) is 0 Å². The fourth-order valence-electron chi connectivity index (χ4n) is 1.67. The highest BCUT2D eigenvalue weighted by Crippen LogP contribution is 2.19. The Morgan fingerprint density at radius 1 is 1.26 bits per heavy atom. The van der Waals surface area contributed by atoms with Gasteiger partial charge in [-0.1, -0.05) is 6.07 Å². The van der Waals surface area contributed by atoms with Crippen LogP contribution in [0.25, 0.3) is 0 Å². The molecule has 19 heavy (non-hydrogen) atoms. The minimum Gasteiger partial charge on any atom is -0.397 e. The van der Waals surface area contributed by atoms with Crippen LogP contribution in [0.15, 0.2) is 24.3 Å². The van der Waals surface area contributed by atoms with Gasteiger partial charge in [0, 0.05) is 18.8 Å². The largest absolute Gasteiger partial charge is 0.397 e. The molecule has 100 valence electrons. The summed E-state index contributed by atoms with van der Waals surface area (Å²) in [4.78, 5) is 11.8. The maximum atomic E-state index is 11.8. The number of benzene rings is 1. The summed E-state index contributed by atoms with van der Waals surface area (Å²) < 4.78 is 1.69. The highest BCUT2D eigenvalue weighted by molar-refractivity contribution is 6.01. The lowest BCUT2D eigenvalue weighted by Crippen LogP contribution is -2.20. The summed E-state index contributed by atoms with van der Waals surface area (Å²) in [5.74, 6) is 0.503. The fourth-order valence-corrected chi connectivity index (χ4v) is 1.67. The quantitative estimate of drug-likeness (QED) is 0.723. The molecule has 0 fully saturated rings. The molecule has 0 unspecified atom stereocenters. The van der Waals surface area contributed by atoms with Crippen LogP contribution in [0.2, 0.25) is 0 Å². The summed E-state index contributed by atoms with van der Waals surface area (Å²) in [5, 5.41) is 9.51. The third-order valence-electron chi connectivity index (χ3n) is 2.81. The van der Waals surface area contributed by atoms with Gasteiger partial charge in [0.1, 0.15) is 0 Å². The molecule has 0 radical (unpaired) electrons. The van der Waals surface area contributed by atoms with E-state index >= 15 is 0 Å². The summed E-state index contributed by atoms with van der Waals surface area (Å²) in [7, 11) is 1.82. The van der Waals surface area contributed by atoms with Crippen LogP contribution in [0.3, 0.4) is 0 Å². The molecular formula is C13H17N5O. The number of anilines is 3.